The van der Waals surface area contributed by atoms with Crippen LogP contribution in [0.3, 0.4) is 0 Å². The van der Waals surface area contributed by atoms with Crippen LogP contribution in [0, 0.1) is 5.82 Å². The van der Waals surface area contributed by atoms with Crippen LogP contribution in [0.4, 0.5) is 4.39 Å². The number of nitrogens with one attached hydrogen (secondary N) is 3. The van der Waals surface area contributed by atoms with E-state index in [-0.39, 0.29) is 47.8 Å². The lowest BCUT2D eigenvalue weighted by molar-refractivity contribution is -0.121. The average Bonchev–Trinajstić information content (AvgIpc) is 2.54. The lowest BCUT2D eigenvalue weighted by Gasteiger charge is -2.15. The number of hydrogen-bond acceptors (Lipinski definition) is 3. The van der Waals surface area contributed by atoms with Crippen LogP contribution in [0.15, 0.2) is 29.3 Å². The van der Waals surface area contributed by atoms with Crippen molar-refractivity contribution in [3.05, 3.63) is 30.1 Å². The van der Waals surface area contributed by atoms with Gasteiger partial charge in [0.1, 0.15) is 17.7 Å². The van der Waals surface area contributed by atoms with Gasteiger partial charge in [0.2, 0.25) is 5.91 Å². The second-order valence-electron chi connectivity index (χ2n) is 6.00. The van der Waals surface area contributed by atoms with Crippen molar-refractivity contribution in [3.63, 3.8) is 0 Å². The summed E-state index contributed by atoms with van der Waals surface area (Å²) >= 11 is 0. The van der Waals surface area contributed by atoms with Gasteiger partial charge in [-0.15, -0.1) is 24.0 Å². The fraction of sp³-hybridized carbons (Fsp3) is 0.556. The average molecular weight is 480 g/mol. The van der Waals surface area contributed by atoms with E-state index < -0.39 is 0 Å². The van der Waals surface area contributed by atoms with Crippen LogP contribution in [0.5, 0.6) is 5.75 Å². The Balaban J connectivity index is 0.00000625. The zero-order valence-electron chi connectivity index (χ0n) is 15.8. The van der Waals surface area contributed by atoms with Crippen molar-refractivity contribution in [2.45, 2.75) is 46.3 Å². The lowest BCUT2D eigenvalue weighted by Crippen LogP contribution is -2.40. The third-order valence-corrected chi connectivity index (χ3v) is 3.10. The number of amides is 1. The maximum atomic E-state index is 12.9. The summed E-state index contributed by atoms with van der Waals surface area (Å²) in [4.78, 5) is 16.1. The van der Waals surface area contributed by atoms with Gasteiger partial charge in [-0.25, -0.2) is 9.38 Å². The number of rotatable bonds is 9. The van der Waals surface area contributed by atoms with Gasteiger partial charge in [-0.05, 0) is 52.0 Å². The predicted octanol–water partition coefficient (Wildman–Crippen LogP) is 2.68. The normalized spacial score (nSPS) is 12.2. The Hall–Kier alpha value is -1.58. The SMILES string of the molecule is CCNC(=NCC(C)Oc1ccc(F)cc1)NCCC(=O)NC(C)C.I. The van der Waals surface area contributed by atoms with Crippen molar-refractivity contribution < 1.29 is 13.9 Å². The molecule has 0 heterocycles. The first kappa shape index (κ1) is 24.4. The first-order valence-electron chi connectivity index (χ1n) is 8.64. The maximum absolute atomic E-state index is 12.9. The van der Waals surface area contributed by atoms with Crippen LogP contribution in [0.2, 0.25) is 0 Å². The molecule has 0 aliphatic carbocycles. The van der Waals surface area contributed by atoms with Gasteiger partial charge in [0.25, 0.3) is 0 Å². The third kappa shape index (κ3) is 11.1. The number of ether oxygens (including phenoxy) is 1. The van der Waals surface area contributed by atoms with Crippen LogP contribution >= 0.6 is 24.0 Å². The number of benzene rings is 1. The molecule has 1 aromatic rings. The molecule has 0 fully saturated rings. The summed E-state index contributed by atoms with van der Waals surface area (Å²) in [5, 5.41) is 9.09. The Bertz CT molecular complexity index is 553. The number of hydrogen-bond donors (Lipinski definition) is 3. The fourth-order valence-electron chi connectivity index (χ4n) is 2.03. The molecule has 0 aromatic heterocycles. The van der Waals surface area contributed by atoms with Gasteiger partial charge in [0, 0.05) is 25.6 Å². The Kier molecular flexibility index (Phi) is 12.8. The summed E-state index contributed by atoms with van der Waals surface area (Å²) in [6, 6.07) is 6.04. The molecule has 26 heavy (non-hydrogen) atoms. The Morgan fingerprint density at radius 2 is 1.85 bits per heavy atom. The van der Waals surface area contributed by atoms with Crippen molar-refractivity contribution in [1.82, 2.24) is 16.0 Å². The van der Waals surface area contributed by atoms with Gasteiger partial charge in [-0.3, -0.25) is 4.79 Å². The Labute approximate surface area is 172 Å². The quantitative estimate of drug-likeness (QED) is 0.289. The number of carbonyl (C=O) groups excluding carboxylic acids is 1. The summed E-state index contributed by atoms with van der Waals surface area (Å²) < 4.78 is 18.6. The van der Waals surface area contributed by atoms with Crippen molar-refractivity contribution >= 4 is 35.8 Å². The molecule has 148 valence electrons. The highest BCUT2D eigenvalue weighted by Crippen LogP contribution is 2.12. The lowest BCUT2D eigenvalue weighted by atomic mass is 10.3. The van der Waals surface area contributed by atoms with E-state index in [4.69, 9.17) is 4.74 Å². The molecule has 0 radical (unpaired) electrons. The molecule has 1 unspecified atom stereocenters. The van der Waals surface area contributed by atoms with E-state index in [1.54, 1.807) is 12.1 Å². The first-order valence-corrected chi connectivity index (χ1v) is 8.64. The van der Waals surface area contributed by atoms with E-state index in [1.165, 1.54) is 12.1 Å². The molecule has 0 saturated carbocycles. The molecule has 1 rings (SSSR count). The summed E-state index contributed by atoms with van der Waals surface area (Å²) in [6.07, 6.45) is 0.217. The van der Waals surface area contributed by atoms with Gasteiger partial charge >= 0.3 is 0 Å². The van der Waals surface area contributed by atoms with Crippen LogP contribution < -0.4 is 20.7 Å². The van der Waals surface area contributed by atoms with Crippen molar-refractivity contribution in [2.75, 3.05) is 19.6 Å². The zero-order chi connectivity index (χ0) is 18.7. The first-order chi connectivity index (χ1) is 11.9. The topological polar surface area (TPSA) is 74.8 Å². The largest absolute Gasteiger partial charge is 0.489 e. The highest BCUT2D eigenvalue weighted by molar-refractivity contribution is 14.0. The van der Waals surface area contributed by atoms with Crippen LogP contribution in [0.25, 0.3) is 0 Å². The van der Waals surface area contributed by atoms with E-state index in [9.17, 15) is 9.18 Å². The van der Waals surface area contributed by atoms with E-state index in [1.807, 2.05) is 27.7 Å². The molecule has 1 atom stereocenters. The van der Waals surface area contributed by atoms with Crippen LogP contribution in [-0.2, 0) is 4.79 Å². The number of nitrogens with zero attached hydrogens (tertiary/aromatic N) is 1. The highest BCUT2D eigenvalue weighted by atomic mass is 127. The Morgan fingerprint density at radius 1 is 1.19 bits per heavy atom. The third-order valence-electron chi connectivity index (χ3n) is 3.10. The van der Waals surface area contributed by atoms with Crippen molar-refractivity contribution in [3.8, 4) is 5.75 Å². The number of aliphatic imine (C=N–C) groups is 1. The number of guanidine groups is 1. The molecule has 0 aliphatic rings. The van der Waals surface area contributed by atoms with Gasteiger partial charge in [-0.2, -0.15) is 0 Å². The van der Waals surface area contributed by atoms with Crippen molar-refractivity contribution in [1.29, 1.82) is 0 Å². The van der Waals surface area contributed by atoms with E-state index in [2.05, 4.69) is 20.9 Å². The van der Waals surface area contributed by atoms with E-state index in [0.29, 0.717) is 31.2 Å². The molecular weight excluding hydrogens is 450 g/mol. The molecular formula is C18H30FIN4O2. The van der Waals surface area contributed by atoms with Crippen LogP contribution in [0.1, 0.15) is 34.1 Å². The number of halogens is 2. The standard InChI is InChI=1S/C18H29FN4O2.HI/c1-5-20-18(21-11-10-17(24)23-13(2)3)22-12-14(4)25-16-8-6-15(19)7-9-16;/h6-9,13-14H,5,10-12H2,1-4H3,(H,23,24)(H2,20,21,22);1H. The summed E-state index contributed by atoms with van der Waals surface area (Å²) in [5.74, 6) is 0.950. The van der Waals surface area contributed by atoms with Crippen LogP contribution in [-0.4, -0.2) is 43.6 Å². The molecule has 0 saturated heterocycles. The summed E-state index contributed by atoms with van der Waals surface area (Å²) in [5.41, 5.74) is 0. The molecule has 0 aliphatic heterocycles. The smallest absolute Gasteiger partial charge is 0.221 e. The highest BCUT2D eigenvalue weighted by Gasteiger charge is 2.06. The predicted molar refractivity (Wildman–Crippen MR) is 114 cm³/mol. The second-order valence-corrected chi connectivity index (χ2v) is 6.00. The molecule has 8 heteroatoms. The van der Waals surface area contributed by atoms with E-state index in [0.717, 1.165) is 6.54 Å². The molecule has 6 nitrogen and oxygen atoms in total. The fourth-order valence-corrected chi connectivity index (χ4v) is 2.03. The van der Waals surface area contributed by atoms with E-state index >= 15 is 0 Å². The molecule has 3 N–H and O–H groups in total. The zero-order valence-corrected chi connectivity index (χ0v) is 18.2. The Morgan fingerprint density at radius 3 is 2.42 bits per heavy atom. The monoisotopic (exact) mass is 480 g/mol. The minimum absolute atomic E-state index is 0. The van der Waals surface area contributed by atoms with Crippen molar-refractivity contribution in [2.24, 2.45) is 4.99 Å². The molecule has 0 spiro atoms. The van der Waals surface area contributed by atoms with Gasteiger partial charge < -0.3 is 20.7 Å². The number of carbonyl (C=O) groups is 1. The second kappa shape index (κ2) is 13.6. The van der Waals surface area contributed by atoms with Gasteiger partial charge in [0.05, 0.1) is 6.54 Å². The summed E-state index contributed by atoms with van der Waals surface area (Å²) in [7, 11) is 0. The van der Waals surface area contributed by atoms with Gasteiger partial charge in [-0.1, -0.05) is 0 Å². The summed E-state index contributed by atoms with van der Waals surface area (Å²) in [6.45, 7) is 9.38. The molecule has 1 amide bonds. The maximum Gasteiger partial charge on any atom is 0.221 e. The minimum atomic E-state index is -0.293. The minimum Gasteiger partial charge on any atom is -0.489 e. The molecule has 1 aromatic carbocycles. The van der Waals surface area contributed by atoms with Gasteiger partial charge in [0.15, 0.2) is 5.96 Å². The molecule has 0 bridgehead atoms.